The third kappa shape index (κ3) is 3.00. The molecule has 1 aromatic carbocycles. The fraction of sp³-hybridized carbons (Fsp3) is 0.471. The Bertz CT molecular complexity index is 691. The van der Waals surface area contributed by atoms with Crippen molar-refractivity contribution in [1.82, 2.24) is 5.32 Å². The minimum Gasteiger partial charge on any atom is -0.376 e. The first kappa shape index (κ1) is 15.8. The number of aryl methyl sites for hydroxylation is 1. The van der Waals surface area contributed by atoms with Crippen LogP contribution in [-0.2, 0) is 11.2 Å². The minimum absolute atomic E-state index is 0.00230. The summed E-state index contributed by atoms with van der Waals surface area (Å²) in [6, 6.07) is 6.19. The summed E-state index contributed by atoms with van der Waals surface area (Å²) in [4.78, 5) is 13.1. The van der Waals surface area contributed by atoms with Crippen molar-refractivity contribution >= 4 is 38.9 Å². The van der Waals surface area contributed by atoms with Crippen LogP contribution in [-0.4, -0.2) is 24.7 Å². The number of carbonyl (C=O) groups excluding carboxylic acids is 1. The predicted octanol–water partition coefficient (Wildman–Crippen LogP) is 4.41. The van der Waals surface area contributed by atoms with E-state index in [1.165, 1.54) is 16.9 Å². The smallest absolute Gasteiger partial charge is 0.263 e. The molecule has 1 fully saturated rings. The highest BCUT2D eigenvalue weighted by atomic mass is 35.5. The lowest BCUT2D eigenvalue weighted by molar-refractivity contribution is 0.0715. The molecule has 22 heavy (non-hydrogen) atoms. The molecule has 5 heteroatoms. The average molecular weight is 338 g/mol. The van der Waals surface area contributed by atoms with Gasteiger partial charge in [0.1, 0.15) is 4.88 Å². The molecule has 0 radical (unpaired) electrons. The monoisotopic (exact) mass is 337 g/mol. The molecule has 1 N–H and O–H groups in total. The summed E-state index contributed by atoms with van der Waals surface area (Å²) in [6.07, 6.45) is 3.16. The van der Waals surface area contributed by atoms with E-state index in [0.717, 1.165) is 36.0 Å². The lowest BCUT2D eigenvalue weighted by Gasteiger charge is -2.19. The summed E-state index contributed by atoms with van der Waals surface area (Å²) in [7, 11) is 0. The number of hydrogen-bond acceptors (Lipinski definition) is 3. The van der Waals surface area contributed by atoms with Gasteiger partial charge in [-0.05, 0) is 37.8 Å². The van der Waals surface area contributed by atoms with E-state index in [9.17, 15) is 4.79 Å². The molecule has 118 valence electrons. The Balaban J connectivity index is 1.82. The van der Waals surface area contributed by atoms with Gasteiger partial charge in [-0.15, -0.1) is 11.3 Å². The quantitative estimate of drug-likeness (QED) is 0.897. The van der Waals surface area contributed by atoms with Gasteiger partial charge in [0.15, 0.2) is 0 Å². The van der Waals surface area contributed by atoms with Crippen LogP contribution in [0.4, 0.5) is 0 Å². The van der Waals surface area contributed by atoms with Crippen LogP contribution in [0.15, 0.2) is 18.2 Å². The van der Waals surface area contributed by atoms with Gasteiger partial charge in [0.05, 0.1) is 17.2 Å². The molecule has 3 nitrogen and oxygen atoms in total. The Morgan fingerprint density at radius 2 is 2.36 bits per heavy atom. The van der Waals surface area contributed by atoms with Gasteiger partial charge in [0.2, 0.25) is 0 Å². The Morgan fingerprint density at radius 1 is 1.55 bits per heavy atom. The topological polar surface area (TPSA) is 38.3 Å². The second kappa shape index (κ2) is 6.57. The van der Waals surface area contributed by atoms with E-state index in [-0.39, 0.29) is 18.1 Å². The second-order valence-electron chi connectivity index (χ2n) is 5.74. The van der Waals surface area contributed by atoms with E-state index < -0.39 is 0 Å². The van der Waals surface area contributed by atoms with Crippen molar-refractivity contribution < 1.29 is 9.53 Å². The first-order valence-electron chi connectivity index (χ1n) is 7.73. The van der Waals surface area contributed by atoms with Crippen LogP contribution in [0.5, 0.6) is 0 Å². The number of thiophene rings is 1. The SMILES string of the molecule is CCc1ccc2c(Cl)c(C(=O)N[C@@H](C)[C@H]3CCCO3)sc2c1. The number of hydrogen-bond donors (Lipinski definition) is 1. The highest BCUT2D eigenvalue weighted by Crippen LogP contribution is 2.36. The highest BCUT2D eigenvalue weighted by molar-refractivity contribution is 7.21. The number of amides is 1. The second-order valence-corrected chi connectivity index (χ2v) is 7.17. The Morgan fingerprint density at radius 3 is 3.05 bits per heavy atom. The molecule has 2 atom stereocenters. The minimum atomic E-state index is -0.104. The summed E-state index contributed by atoms with van der Waals surface area (Å²) in [5, 5.41) is 4.54. The molecule has 0 aliphatic carbocycles. The number of benzene rings is 1. The molecule has 1 aliphatic heterocycles. The Labute approximate surface area is 139 Å². The maximum absolute atomic E-state index is 12.5. The largest absolute Gasteiger partial charge is 0.376 e. The fourth-order valence-electron chi connectivity index (χ4n) is 2.84. The molecule has 3 rings (SSSR count). The number of carbonyl (C=O) groups is 1. The van der Waals surface area contributed by atoms with Gasteiger partial charge in [-0.25, -0.2) is 0 Å². The molecule has 1 aromatic heterocycles. The molecule has 0 saturated carbocycles. The van der Waals surface area contributed by atoms with Crippen LogP contribution in [0, 0.1) is 0 Å². The highest BCUT2D eigenvalue weighted by Gasteiger charge is 2.25. The standard InChI is InChI=1S/C17H20ClNO2S/c1-3-11-6-7-12-14(9-11)22-16(15(12)18)17(20)19-10(2)13-5-4-8-21-13/h6-7,9-10,13H,3-5,8H2,1-2H3,(H,19,20)/t10-,13+/m0/s1. The van der Waals surface area contributed by atoms with Crippen molar-refractivity contribution in [3.05, 3.63) is 33.7 Å². The Hall–Kier alpha value is -1.10. The Kier molecular flexibility index (Phi) is 4.71. The van der Waals surface area contributed by atoms with Crippen LogP contribution in [0.2, 0.25) is 5.02 Å². The number of rotatable bonds is 4. The normalized spacial score (nSPS) is 19.5. The molecular weight excluding hydrogens is 318 g/mol. The van der Waals surface area contributed by atoms with E-state index in [1.807, 2.05) is 13.0 Å². The average Bonchev–Trinajstić information content (AvgIpc) is 3.15. The maximum atomic E-state index is 12.5. The lowest BCUT2D eigenvalue weighted by Crippen LogP contribution is -2.40. The zero-order chi connectivity index (χ0) is 15.7. The van der Waals surface area contributed by atoms with Crippen LogP contribution in [0.1, 0.15) is 41.9 Å². The van der Waals surface area contributed by atoms with Gasteiger partial charge in [-0.1, -0.05) is 30.7 Å². The van der Waals surface area contributed by atoms with Gasteiger partial charge in [-0.3, -0.25) is 4.79 Å². The molecule has 2 heterocycles. The molecule has 1 aliphatic rings. The van der Waals surface area contributed by atoms with E-state index >= 15 is 0 Å². The number of nitrogens with one attached hydrogen (secondary N) is 1. The van der Waals surface area contributed by atoms with E-state index in [4.69, 9.17) is 16.3 Å². The first-order chi connectivity index (χ1) is 10.6. The summed E-state index contributed by atoms with van der Waals surface area (Å²) < 4.78 is 6.70. The van der Waals surface area contributed by atoms with Crippen molar-refractivity contribution in [2.75, 3.05) is 6.61 Å². The third-order valence-electron chi connectivity index (χ3n) is 4.19. The summed E-state index contributed by atoms with van der Waals surface area (Å²) in [5.74, 6) is -0.104. The van der Waals surface area contributed by atoms with Crippen LogP contribution < -0.4 is 5.32 Å². The van der Waals surface area contributed by atoms with Gasteiger partial charge in [0.25, 0.3) is 5.91 Å². The zero-order valence-electron chi connectivity index (χ0n) is 12.8. The van der Waals surface area contributed by atoms with Gasteiger partial charge < -0.3 is 10.1 Å². The molecule has 0 spiro atoms. The molecule has 0 bridgehead atoms. The molecular formula is C17H20ClNO2S. The molecule has 2 aromatic rings. The third-order valence-corrected chi connectivity index (χ3v) is 5.85. The van der Waals surface area contributed by atoms with Crippen molar-refractivity contribution in [3.63, 3.8) is 0 Å². The van der Waals surface area contributed by atoms with Crippen LogP contribution >= 0.6 is 22.9 Å². The van der Waals surface area contributed by atoms with Crippen LogP contribution in [0.3, 0.4) is 0 Å². The molecule has 1 saturated heterocycles. The van der Waals surface area contributed by atoms with Crippen molar-refractivity contribution in [2.24, 2.45) is 0 Å². The lowest BCUT2D eigenvalue weighted by atomic mass is 10.1. The fourth-order valence-corrected chi connectivity index (χ4v) is 4.32. The number of ether oxygens (including phenoxy) is 1. The number of fused-ring (bicyclic) bond motifs is 1. The van der Waals surface area contributed by atoms with Gasteiger partial charge >= 0.3 is 0 Å². The summed E-state index contributed by atoms with van der Waals surface area (Å²) in [6.45, 7) is 4.89. The number of halogens is 1. The van der Waals surface area contributed by atoms with E-state index in [2.05, 4.69) is 24.4 Å². The molecule has 1 amide bonds. The maximum Gasteiger partial charge on any atom is 0.263 e. The van der Waals surface area contributed by atoms with Crippen molar-refractivity contribution in [3.8, 4) is 0 Å². The van der Waals surface area contributed by atoms with Crippen molar-refractivity contribution in [1.29, 1.82) is 0 Å². The molecule has 0 unspecified atom stereocenters. The van der Waals surface area contributed by atoms with Gasteiger partial charge in [-0.2, -0.15) is 0 Å². The van der Waals surface area contributed by atoms with Crippen LogP contribution in [0.25, 0.3) is 10.1 Å². The van der Waals surface area contributed by atoms with E-state index in [0.29, 0.717) is 9.90 Å². The van der Waals surface area contributed by atoms with E-state index in [1.54, 1.807) is 0 Å². The predicted molar refractivity (Wildman–Crippen MR) is 92.1 cm³/mol. The van der Waals surface area contributed by atoms with Gasteiger partial charge in [0, 0.05) is 16.7 Å². The van der Waals surface area contributed by atoms with Crippen molar-refractivity contribution in [2.45, 2.75) is 45.3 Å². The summed E-state index contributed by atoms with van der Waals surface area (Å²) >= 11 is 7.87. The summed E-state index contributed by atoms with van der Waals surface area (Å²) in [5.41, 5.74) is 1.25. The first-order valence-corrected chi connectivity index (χ1v) is 8.93. The zero-order valence-corrected chi connectivity index (χ0v) is 14.4.